The second kappa shape index (κ2) is 6.56. The zero-order chi connectivity index (χ0) is 14.5. The second-order valence-corrected chi connectivity index (χ2v) is 4.42. The van der Waals surface area contributed by atoms with E-state index < -0.39 is 12.2 Å². The molecule has 0 unspecified atom stereocenters. The SMILES string of the molecule is CCCNCc1cnn(-c2cccc(F)c2)c1C(F)F. The number of halogens is 3. The van der Waals surface area contributed by atoms with E-state index in [2.05, 4.69) is 10.4 Å². The molecule has 0 aliphatic heterocycles. The lowest BCUT2D eigenvalue weighted by molar-refractivity contribution is 0.141. The van der Waals surface area contributed by atoms with Crippen LogP contribution in [0.25, 0.3) is 5.69 Å². The minimum absolute atomic E-state index is 0.195. The molecule has 0 atom stereocenters. The van der Waals surface area contributed by atoms with Crippen LogP contribution in [0, 0.1) is 5.82 Å². The Morgan fingerprint density at radius 1 is 1.35 bits per heavy atom. The lowest BCUT2D eigenvalue weighted by atomic mass is 10.2. The molecule has 0 radical (unpaired) electrons. The van der Waals surface area contributed by atoms with Crippen molar-refractivity contribution >= 4 is 0 Å². The van der Waals surface area contributed by atoms with Crippen LogP contribution in [0.2, 0.25) is 0 Å². The lowest BCUT2D eigenvalue weighted by Gasteiger charge is -2.09. The van der Waals surface area contributed by atoms with E-state index in [4.69, 9.17) is 0 Å². The molecule has 0 saturated heterocycles. The van der Waals surface area contributed by atoms with Crippen molar-refractivity contribution in [3.8, 4) is 5.69 Å². The van der Waals surface area contributed by atoms with Crippen LogP contribution >= 0.6 is 0 Å². The average molecular weight is 283 g/mol. The minimum atomic E-state index is -2.67. The summed E-state index contributed by atoms with van der Waals surface area (Å²) in [5.74, 6) is -0.483. The van der Waals surface area contributed by atoms with Crippen molar-refractivity contribution < 1.29 is 13.2 Å². The average Bonchev–Trinajstić information content (AvgIpc) is 2.83. The fourth-order valence-electron chi connectivity index (χ4n) is 1.97. The Kier molecular flexibility index (Phi) is 4.79. The lowest BCUT2D eigenvalue weighted by Crippen LogP contribution is -2.15. The summed E-state index contributed by atoms with van der Waals surface area (Å²) in [7, 11) is 0. The van der Waals surface area contributed by atoms with Gasteiger partial charge in [-0.25, -0.2) is 17.9 Å². The molecule has 0 aliphatic carbocycles. The molecule has 3 nitrogen and oxygen atoms in total. The van der Waals surface area contributed by atoms with Gasteiger partial charge in [0.1, 0.15) is 11.5 Å². The van der Waals surface area contributed by atoms with Crippen molar-refractivity contribution in [1.29, 1.82) is 0 Å². The van der Waals surface area contributed by atoms with Crippen LogP contribution in [-0.4, -0.2) is 16.3 Å². The van der Waals surface area contributed by atoms with Gasteiger partial charge in [-0.15, -0.1) is 0 Å². The molecule has 0 fully saturated rings. The van der Waals surface area contributed by atoms with Crippen LogP contribution in [0.15, 0.2) is 30.5 Å². The van der Waals surface area contributed by atoms with Gasteiger partial charge in [-0.05, 0) is 31.2 Å². The van der Waals surface area contributed by atoms with E-state index in [-0.39, 0.29) is 5.69 Å². The van der Waals surface area contributed by atoms with Gasteiger partial charge in [0.15, 0.2) is 0 Å². The van der Waals surface area contributed by atoms with E-state index in [0.29, 0.717) is 17.8 Å². The van der Waals surface area contributed by atoms with Crippen LogP contribution in [-0.2, 0) is 6.54 Å². The van der Waals surface area contributed by atoms with Gasteiger partial charge in [-0.1, -0.05) is 13.0 Å². The van der Waals surface area contributed by atoms with Gasteiger partial charge < -0.3 is 5.32 Å². The van der Waals surface area contributed by atoms with E-state index in [9.17, 15) is 13.2 Å². The number of nitrogens with one attached hydrogen (secondary N) is 1. The predicted octanol–water partition coefficient (Wildman–Crippen LogP) is 3.45. The maximum absolute atomic E-state index is 13.2. The zero-order valence-electron chi connectivity index (χ0n) is 11.1. The Bertz CT molecular complexity index is 567. The highest BCUT2D eigenvalue weighted by Gasteiger charge is 2.20. The highest BCUT2D eigenvalue weighted by atomic mass is 19.3. The Balaban J connectivity index is 2.34. The molecular weight excluding hydrogens is 267 g/mol. The molecule has 0 amide bonds. The first-order valence-corrected chi connectivity index (χ1v) is 6.45. The van der Waals surface area contributed by atoms with Crippen molar-refractivity contribution in [1.82, 2.24) is 15.1 Å². The molecule has 0 spiro atoms. The molecule has 2 aromatic rings. The summed E-state index contributed by atoms with van der Waals surface area (Å²) in [6.45, 7) is 3.06. The Hall–Kier alpha value is -1.82. The first-order valence-electron chi connectivity index (χ1n) is 6.45. The largest absolute Gasteiger partial charge is 0.313 e. The molecule has 2 rings (SSSR count). The Labute approximate surface area is 115 Å². The maximum Gasteiger partial charge on any atom is 0.280 e. The Morgan fingerprint density at radius 3 is 2.80 bits per heavy atom. The van der Waals surface area contributed by atoms with Crippen LogP contribution in [0.4, 0.5) is 13.2 Å². The van der Waals surface area contributed by atoms with E-state index in [0.717, 1.165) is 17.6 Å². The first kappa shape index (κ1) is 14.6. The van der Waals surface area contributed by atoms with Gasteiger partial charge in [0, 0.05) is 12.1 Å². The molecule has 1 N–H and O–H groups in total. The molecule has 0 saturated carbocycles. The number of benzene rings is 1. The monoisotopic (exact) mass is 283 g/mol. The van der Waals surface area contributed by atoms with Gasteiger partial charge in [-0.2, -0.15) is 5.10 Å². The number of rotatable bonds is 6. The molecule has 1 heterocycles. The molecule has 1 aromatic carbocycles. The molecule has 108 valence electrons. The third-order valence-corrected chi connectivity index (χ3v) is 2.89. The highest BCUT2D eigenvalue weighted by molar-refractivity contribution is 5.36. The van der Waals surface area contributed by atoms with E-state index in [1.165, 1.54) is 24.4 Å². The number of alkyl halides is 2. The van der Waals surface area contributed by atoms with Gasteiger partial charge in [0.05, 0.1) is 11.9 Å². The maximum atomic E-state index is 13.2. The predicted molar refractivity (Wildman–Crippen MR) is 70.5 cm³/mol. The van der Waals surface area contributed by atoms with Gasteiger partial charge >= 0.3 is 0 Å². The van der Waals surface area contributed by atoms with Crippen molar-refractivity contribution in [2.45, 2.75) is 26.3 Å². The summed E-state index contributed by atoms with van der Waals surface area (Å²) in [5, 5.41) is 7.02. The van der Waals surface area contributed by atoms with Gasteiger partial charge in [0.25, 0.3) is 6.43 Å². The summed E-state index contributed by atoms with van der Waals surface area (Å²) >= 11 is 0. The molecule has 6 heteroatoms. The Morgan fingerprint density at radius 2 is 2.15 bits per heavy atom. The van der Waals surface area contributed by atoms with Crippen molar-refractivity contribution in [3.63, 3.8) is 0 Å². The molecular formula is C14H16F3N3. The van der Waals surface area contributed by atoms with Crippen LogP contribution in [0.3, 0.4) is 0 Å². The van der Waals surface area contributed by atoms with Crippen LogP contribution in [0.1, 0.15) is 31.0 Å². The normalized spacial score (nSPS) is 11.2. The summed E-state index contributed by atoms with van der Waals surface area (Å²) in [4.78, 5) is 0. The minimum Gasteiger partial charge on any atom is -0.313 e. The van der Waals surface area contributed by atoms with Crippen molar-refractivity contribution in [2.24, 2.45) is 0 Å². The molecule has 0 aliphatic rings. The summed E-state index contributed by atoms with van der Waals surface area (Å²) in [6.07, 6.45) is -0.351. The zero-order valence-corrected chi connectivity index (χ0v) is 11.1. The first-order chi connectivity index (χ1) is 9.63. The number of aromatic nitrogens is 2. The van der Waals surface area contributed by atoms with Gasteiger partial charge in [0.2, 0.25) is 0 Å². The fraction of sp³-hybridized carbons (Fsp3) is 0.357. The quantitative estimate of drug-likeness (QED) is 0.823. The summed E-state index contributed by atoms with van der Waals surface area (Å²) in [5.41, 5.74) is 0.527. The van der Waals surface area contributed by atoms with E-state index in [1.807, 2.05) is 6.92 Å². The number of hydrogen-bond acceptors (Lipinski definition) is 2. The summed E-state index contributed by atoms with van der Waals surface area (Å²) < 4.78 is 40.8. The molecule has 20 heavy (non-hydrogen) atoms. The van der Waals surface area contributed by atoms with E-state index in [1.54, 1.807) is 6.07 Å². The number of nitrogens with zero attached hydrogens (tertiary/aromatic N) is 2. The smallest absolute Gasteiger partial charge is 0.280 e. The topological polar surface area (TPSA) is 29.9 Å². The molecule has 1 aromatic heterocycles. The van der Waals surface area contributed by atoms with Gasteiger partial charge in [-0.3, -0.25) is 0 Å². The number of hydrogen-bond donors (Lipinski definition) is 1. The van der Waals surface area contributed by atoms with Crippen LogP contribution in [0.5, 0.6) is 0 Å². The molecule has 0 bridgehead atoms. The standard InChI is InChI=1S/C14H16F3N3/c1-2-6-18-8-10-9-19-20(13(10)14(16)17)12-5-3-4-11(15)7-12/h3-5,7,9,14,18H,2,6,8H2,1H3. The van der Waals surface area contributed by atoms with Crippen LogP contribution < -0.4 is 5.32 Å². The fourth-order valence-corrected chi connectivity index (χ4v) is 1.97. The highest BCUT2D eigenvalue weighted by Crippen LogP contribution is 2.26. The van der Waals surface area contributed by atoms with Crippen molar-refractivity contribution in [2.75, 3.05) is 6.54 Å². The van der Waals surface area contributed by atoms with Crippen molar-refractivity contribution in [3.05, 3.63) is 47.5 Å². The second-order valence-electron chi connectivity index (χ2n) is 4.42. The third kappa shape index (κ3) is 3.19. The summed E-state index contributed by atoms with van der Waals surface area (Å²) in [6, 6.07) is 5.46. The van der Waals surface area contributed by atoms with E-state index >= 15 is 0 Å². The third-order valence-electron chi connectivity index (χ3n) is 2.89.